The summed E-state index contributed by atoms with van der Waals surface area (Å²) in [4.78, 5) is 23.2. The molecule has 1 aliphatic carbocycles. The second kappa shape index (κ2) is 10.4. The minimum absolute atomic E-state index is 0.0134. The van der Waals surface area contributed by atoms with E-state index in [4.69, 9.17) is 14.6 Å². The molecule has 1 fully saturated rings. The number of ether oxygens (including phenoxy) is 2. The van der Waals surface area contributed by atoms with E-state index in [-0.39, 0.29) is 17.5 Å². The smallest absolute Gasteiger partial charge is 0.341 e. The normalized spacial score (nSPS) is 19.4. The fourth-order valence-electron chi connectivity index (χ4n) is 3.23. The Balaban J connectivity index is 2.17. The molecule has 2 atom stereocenters. The van der Waals surface area contributed by atoms with Crippen LogP contribution in [0, 0.1) is 17.2 Å². The monoisotopic (exact) mass is 386 g/mol. The Labute approximate surface area is 164 Å². The lowest BCUT2D eigenvalue weighted by Gasteiger charge is -2.29. The zero-order valence-electron chi connectivity index (χ0n) is 16.2. The van der Waals surface area contributed by atoms with Crippen molar-refractivity contribution in [3.63, 3.8) is 0 Å². The summed E-state index contributed by atoms with van der Waals surface area (Å²) in [5, 5.41) is 21.2. The molecule has 0 radical (unpaired) electrons. The average molecular weight is 386 g/mol. The van der Waals surface area contributed by atoms with Crippen molar-refractivity contribution in [1.82, 2.24) is 5.32 Å². The first-order valence-corrected chi connectivity index (χ1v) is 9.48. The third-order valence-corrected chi connectivity index (χ3v) is 4.72. The van der Waals surface area contributed by atoms with Crippen LogP contribution in [0.15, 0.2) is 23.8 Å². The van der Waals surface area contributed by atoms with E-state index in [1.165, 1.54) is 12.5 Å². The van der Waals surface area contributed by atoms with Gasteiger partial charge in [-0.25, -0.2) is 4.79 Å². The van der Waals surface area contributed by atoms with Gasteiger partial charge in [-0.1, -0.05) is 25.8 Å². The molecule has 7 heteroatoms. The van der Waals surface area contributed by atoms with Crippen molar-refractivity contribution in [2.45, 2.75) is 45.6 Å². The lowest BCUT2D eigenvalue weighted by molar-refractivity contribution is -0.139. The molecule has 1 aliphatic rings. The minimum atomic E-state index is -1.09. The van der Waals surface area contributed by atoms with E-state index in [9.17, 15) is 14.9 Å². The largest absolute Gasteiger partial charge is 0.490 e. The van der Waals surface area contributed by atoms with E-state index < -0.39 is 12.6 Å². The van der Waals surface area contributed by atoms with Crippen LogP contribution in [0.3, 0.4) is 0 Å². The molecule has 1 amide bonds. The molecule has 0 saturated heterocycles. The minimum Gasteiger partial charge on any atom is -0.490 e. The molecular weight excluding hydrogens is 360 g/mol. The van der Waals surface area contributed by atoms with Crippen LogP contribution in [0.4, 0.5) is 0 Å². The molecule has 28 heavy (non-hydrogen) atoms. The zero-order chi connectivity index (χ0) is 20.5. The molecule has 7 nitrogen and oxygen atoms in total. The predicted octanol–water partition coefficient (Wildman–Crippen LogP) is 3.15. The van der Waals surface area contributed by atoms with Crippen LogP contribution in [0.1, 0.15) is 45.1 Å². The number of rotatable bonds is 8. The molecule has 1 aromatic rings. The Morgan fingerprint density at radius 1 is 1.29 bits per heavy atom. The second-order valence-electron chi connectivity index (χ2n) is 6.83. The Morgan fingerprint density at radius 3 is 2.68 bits per heavy atom. The van der Waals surface area contributed by atoms with Crippen molar-refractivity contribution in [3.05, 3.63) is 29.3 Å². The highest BCUT2D eigenvalue weighted by Gasteiger charge is 2.24. The molecule has 2 rings (SSSR count). The Kier molecular flexibility index (Phi) is 7.88. The van der Waals surface area contributed by atoms with Gasteiger partial charge in [-0.05, 0) is 49.5 Å². The molecule has 2 N–H and O–H groups in total. The van der Waals surface area contributed by atoms with E-state index in [2.05, 4.69) is 12.2 Å². The third-order valence-electron chi connectivity index (χ3n) is 4.72. The molecular formula is C21H26N2O5. The first kappa shape index (κ1) is 21.3. The lowest BCUT2D eigenvalue weighted by Crippen LogP contribution is -2.41. The second-order valence-corrected chi connectivity index (χ2v) is 6.83. The van der Waals surface area contributed by atoms with Gasteiger partial charge in [0.05, 0.1) is 6.61 Å². The summed E-state index contributed by atoms with van der Waals surface area (Å²) in [7, 11) is 0. The van der Waals surface area contributed by atoms with E-state index >= 15 is 0 Å². The third kappa shape index (κ3) is 6.02. The maximum absolute atomic E-state index is 12.5. The first-order chi connectivity index (χ1) is 13.4. The highest BCUT2D eigenvalue weighted by atomic mass is 16.5. The number of hydrogen-bond acceptors (Lipinski definition) is 5. The number of carboxylic acids is 1. The van der Waals surface area contributed by atoms with E-state index in [1.54, 1.807) is 25.1 Å². The van der Waals surface area contributed by atoms with Gasteiger partial charge in [0, 0.05) is 6.04 Å². The van der Waals surface area contributed by atoms with Crippen LogP contribution in [-0.4, -0.2) is 36.2 Å². The van der Waals surface area contributed by atoms with Gasteiger partial charge in [-0.3, -0.25) is 4.79 Å². The highest BCUT2D eigenvalue weighted by Crippen LogP contribution is 2.29. The van der Waals surface area contributed by atoms with Crippen LogP contribution >= 0.6 is 0 Å². The van der Waals surface area contributed by atoms with Crippen LogP contribution in [0.5, 0.6) is 11.5 Å². The average Bonchev–Trinajstić information content (AvgIpc) is 2.67. The lowest BCUT2D eigenvalue weighted by atomic mass is 9.86. The Hall–Kier alpha value is -3.01. The number of carbonyl (C=O) groups is 2. The summed E-state index contributed by atoms with van der Waals surface area (Å²) in [6.45, 7) is 3.79. The number of carboxylic acid groups (broad SMARTS) is 1. The molecule has 0 aromatic heterocycles. The van der Waals surface area contributed by atoms with Crippen LogP contribution in [0.25, 0.3) is 6.08 Å². The van der Waals surface area contributed by atoms with Crippen molar-refractivity contribution >= 4 is 18.0 Å². The fourth-order valence-corrected chi connectivity index (χ4v) is 3.23. The standard InChI is InChI=1S/C21H26N2O5/c1-3-27-19-11-15(8-9-18(19)28-13-20(24)25)10-16(12-22)21(26)23-17-7-5-4-6-14(17)2/h8-11,14,17H,3-7,13H2,1-2H3,(H,23,26)(H,24,25)/b16-10+/t14-,17+/m0/s1. The van der Waals surface area contributed by atoms with Gasteiger partial charge in [-0.2, -0.15) is 5.26 Å². The van der Waals surface area contributed by atoms with Crippen molar-refractivity contribution in [1.29, 1.82) is 5.26 Å². The molecule has 0 unspecified atom stereocenters. The molecule has 1 aromatic carbocycles. The molecule has 0 bridgehead atoms. The summed E-state index contributed by atoms with van der Waals surface area (Å²) in [6.07, 6.45) is 5.75. The number of nitrogens with one attached hydrogen (secondary N) is 1. The number of nitrogens with zero attached hydrogens (tertiary/aromatic N) is 1. The van der Waals surface area contributed by atoms with Crippen molar-refractivity contribution < 1.29 is 24.2 Å². The number of benzene rings is 1. The molecule has 0 heterocycles. The van der Waals surface area contributed by atoms with Gasteiger partial charge in [0.15, 0.2) is 18.1 Å². The van der Waals surface area contributed by atoms with E-state index in [0.717, 1.165) is 19.3 Å². The van der Waals surface area contributed by atoms with Gasteiger partial charge in [0.25, 0.3) is 5.91 Å². The summed E-state index contributed by atoms with van der Waals surface area (Å²) >= 11 is 0. The van der Waals surface area contributed by atoms with Gasteiger partial charge in [-0.15, -0.1) is 0 Å². The molecule has 0 aliphatic heterocycles. The SMILES string of the molecule is CCOc1cc(/C=C(\C#N)C(=O)N[C@@H]2CCCC[C@@H]2C)ccc1OCC(=O)O. The van der Waals surface area contributed by atoms with Crippen LogP contribution in [-0.2, 0) is 9.59 Å². The van der Waals surface area contributed by atoms with Gasteiger partial charge in [0.1, 0.15) is 11.6 Å². The van der Waals surface area contributed by atoms with Gasteiger partial charge in [0.2, 0.25) is 0 Å². The number of amides is 1. The van der Waals surface area contributed by atoms with Crippen molar-refractivity contribution in [2.75, 3.05) is 13.2 Å². The molecule has 150 valence electrons. The van der Waals surface area contributed by atoms with Crippen LogP contribution < -0.4 is 14.8 Å². The quantitative estimate of drug-likeness (QED) is 0.525. The van der Waals surface area contributed by atoms with Crippen LogP contribution in [0.2, 0.25) is 0 Å². The predicted molar refractivity (Wildman–Crippen MR) is 104 cm³/mol. The molecule has 0 spiro atoms. The summed E-state index contributed by atoms with van der Waals surface area (Å²) in [5.74, 6) is -0.429. The Morgan fingerprint density at radius 2 is 2.04 bits per heavy atom. The van der Waals surface area contributed by atoms with E-state index in [0.29, 0.717) is 29.6 Å². The number of carbonyl (C=O) groups excluding carboxylic acids is 1. The summed E-state index contributed by atoms with van der Waals surface area (Å²) in [5.41, 5.74) is 0.606. The Bertz CT molecular complexity index is 781. The van der Waals surface area contributed by atoms with Crippen molar-refractivity contribution in [2.24, 2.45) is 5.92 Å². The highest BCUT2D eigenvalue weighted by molar-refractivity contribution is 6.01. The number of nitriles is 1. The van der Waals surface area contributed by atoms with Gasteiger partial charge >= 0.3 is 5.97 Å². The fraction of sp³-hybridized carbons (Fsp3) is 0.476. The zero-order valence-corrected chi connectivity index (χ0v) is 16.2. The maximum Gasteiger partial charge on any atom is 0.341 e. The summed E-state index contributed by atoms with van der Waals surface area (Å²) < 4.78 is 10.7. The van der Waals surface area contributed by atoms with Crippen molar-refractivity contribution in [3.8, 4) is 17.6 Å². The van der Waals surface area contributed by atoms with E-state index in [1.807, 2.05) is 6.07 Å². The summed E-state index contributed by atoms with van der Waals surface area (Å²) in [6, 6.07) is 6.88. The number of aliphatic carboxylic acids is 1. The number of hydrogen-bond donors (Lipinski definition) is 2. The first-order valence-electron chi connectivity index (χ1n) is 9.48. The maximum atomic E-state index is 12.5. The topological polar surface area (TPSA) is 109 Å². The molecule has 1 saturated carbocycles. The van der Waals surface area contributed by atoms with Gasteiger partial charge < -0.3 is 19.9 Å².